The van der Waals surface area contributed by atoms with Crippen molar-refractivity contribution < 1.29 is 34.0 Å². The molecule has 7 nitrogen and oxygen atoms in total. The average Bonchev–Trinajstić information content (AvgIpc) is 2.31. The molecule has 0 fully saturated rings. The van der Waals surface area contributed by atoms with Crippen molar-refractivity contribution in [2.75, 3.05) is 39.6 Å². The molecule has 0 amide bonds. The maximum absolute atomic E-state index is 11.2. The molecule has 0 rings (SSSR count). The Balaban J connectivity index is 3.49. The zero-order chi connectivity index (χ0) is 13.8. The highest BCUT2D eigenvalue weighted by molar-refractivity contribution is 5.95. The van der Waals surface area contributed by atoms with Crippen LogP contribution in [0.1, 0.15) is 6.92 Å². The van der Waals surface area contributed by atoms with E-state index in [1.165, 1.54) is 6.92 Å². The highest BCUT2D eigenvalue weighted by atomic mass is 16.6. The predicted molar refractivity (Wildman–Crippen MR) is 61.1 cm³/mol. The number of ether oxygens (including phenoxy) is 3. The van der Waals surface area contributed by atoms with Crippen molar-refractivity contribution in [2.45, 2.75) is 6.92 Å². The van der Waals surface area contributed by atoms with Gasteiger partial charge >= 0.3 is 11.9 Å². The number of rotatable bonds is 10. The number of carbonyl (C=O) groups is 2. The number of carboxylic acid groups (broad SMARTS) is 1. The second-order valence-electron chi connectivity index (χ2n) is 3.25. The van der Waals surface area contributed by atoms with Crippen LogP contribution in [-0.2, 0) is 23.8 Å². The van der Waals surface area contributed by atoms with Crippen LogP contribution in [0.4, 0.5) is 0 Å². The summed E-state index contributed by atoms with van der Waals surface area (Å²) in [6, 6.07) is 0. The molecule has 0 aromatic carbocycles. The van der Waals surface area contributed by atoms with Gasteiger partial charge in [-0.1, -0.05) is 0 Å². The first-order chi connectivity index (χ1) is 8.57. The molecule has 7 heteroatoms. The lowest BCUT2D eigenvalue weighted by Crippen LogP contribution is -2.14. The number of esters is 1. The topological polar surface area (TPSA) is 102 Å². The Morgan fingerprint density at radius 3 is 2.17 bits per heavy atom. The van der Waals surface area contributed by atoms with Crippen molar-refractivity contribution >= 4 is 11.9 Å². The first kappa shape index (κ1) is 16.6. The van der Waals surface area contributed by atoms with Gasteiger partial charge in [-0.3, -0.25) is 0 Å². The van der Waals surface area contributed by atoms with Gasteiger partial charge in [-0.15, -0.1) is 0 Å². The van der Waals surface area contributed by atoms with Crippen LogP contribution < -0.4 is 0 Å². The van der Waals surface area contributed by atoms with E-state index in [0.29, 0.717) is 13.2 Å². The van der Waals surface area contributed by atoms with Gasteiger partial charge in [0.05, 0.1) is 33.0 Å². The van der Waals surface area contributed by atoms with Gasteiger partial charge in [0.25, 0.3) is 0 Å². The minimum Gasteiger partial charge on any atom is -0.478 e. The molecule has 0 aliphatic rings. The molecule has 0 aromatic heterocycles. The molecule has 0 unspecified atom stereocenters. The molecular formula is C11H18O7. The molecule has 0 aromatic rings. The van der Waals surface area contributed by atoms with Crippen LogP contribution >= 0.6 is 0 Å². The molecule has 2 N–H and O–H groups in total. The molecule has 0 radical (unpaired) electrons. The largest absolute Gasteiger partial charge is 0.478 e. The second-order valence-corrected chi connectivity index (χ2v) is 3.25. The van der Waals surface area contributed by atoms with Crippen molar-refractivity contribution in [1.29, 1.82) is 0 Å². The third-order valence-electron chi connectivity index (χ3n) is 1.73. The number of carbonyl (C=O) groups excluding carboxylic acids is 1. The van der Waals surface area contributed by atoms with E-state index in [1.54, 1.807) is 0 Å². The maximum Gasteiger partial charge on any atom is 0.334 e. The molecule has 0 bridgehead atoms. The fraction of sp³-hybridized carbons (Fsp3) is 0.636. The summed E-state index contributed by atoms with van der Waals surface area (Å²) in [5.74, 6) is -1.88. The van der Waals surface area contributed by atoms with Crippen LogP contribution in [0, 0.1) is 0 Å². The van der Waals surface area contributed by atoms with E-state index in [9.17, 15) is 9.59 Å². The zero-order valence-corrected chi connectivity index (χ0v) is 10.3. The minimum absolute atomic E-state index is 0.0220. The van der Waals surface area contributed by atoms with E-state index in [2.05, 4.69) is 0 Å². The first-order valence-corrected chi connectivity index (χ1v) is 5.42. The number of aliphatic carboxylic acids is 1. The van der Waals surface area contributed by atoms with E-state index in [1.807, 2.05) is 0 Å². The quantitative estimate of drug-likeness (QED) is 0.313. The van der Waals surface area contributed by atoms with Gasteiger partial charge in [0.15, 0.2) is 0 Å². The fourth-order valence-electron chi connectivity index (χ4n) is 0.938. The van der Waals surface area contributed by atoms with Gasteiger partial charge in [0, 0.05) is 11.6 Å². The van der Waals surface area contributed by atoms with Crippen molar-refractivity contribution in [3.8, 4) is 0 Å². The molecule has 0 aliphatic heterocycles. The molecule has 18 heavy (non-hydrogen) atoms. The smallest absolute Gasteiger partial charge is 0.334 e. The molecule has 0 atom stereocenters. The summed E-state index contributed by atoms with van der Waals surface area (Å²) in [5, 5.41) is 16.8. The summed E-state index contributed by atoms with van der Waals surface area (Å²) >= 11 is 0. The van der Waals surface area contributed by atoms with Crippen LogP contribution in [0.25, 0.3) is 0 Å². The molecule has 0 saturated heterocycles. The lowest BCUT2D eigenvalue weighted by Gasteiger charge is -2.06. The third kappa shape index (κ3) is 9.76. The van der Waals surface area contributed by atoms with Gasteiger partial charge in [-0.2, -0.15) is 0 Å². The fourth-order valence-corrected chi connectivity index (χ4v) is 0.938. The Kier molecular flexibility index (Phi) is 9.84. The SMILES string of the molecule is C/C(=C\C(=O)O)C(=O)OCCOCCOCCO. The van der Waals surface area contributed by atoms with Crippen LogP contribution in [0.5, 0.6) is 0 Å². The lowest BCUT2D eigenvalue weighted by molar-refractivity contribution is -0.141. The molecule has 0 spiro atoms. The summed E-state index contributed by atoms with van der Waals surface area (Å²) in [7, 11) is 0. The Hall–Kier alpha value is -1.44. The highest BCUT2D eigenvalue weighted by Crippen LogP contribution is 1.96. The van der Waals surface area contributed by atoms with E-state index in [-0.39, 0.29) is 32.0 Å². The van der Waals surface area contributed by atoms with Crippen LogP contribution in [-0.4, -0.2) is 61.8 Å². The number of aliphatic hydroxyl groups is 1. The molecule has 0 aliphatic carbocycles. The molecular weight excluding hydrogens is 244 g/mol. The highest BCUT2D eigenvalue weighted by Gasteiger charge is 2.06. The van der Waals surface area contributed by atoms with Gasteiger partial charge in [-0.25, -0.2) is 9.59 Å². The van der Waals surface area contributed by atoms with Crippen LogP contribution in [0.2, 0.25) is 0 Å². The van der Waals surface area contributed by atoms with Crippen LogP contribution in [0.15, 0.2) is 11.6 Å². The van der Waals surface area contributed by atoms with Crippen molar-refractivity contribution in [1.82, 2.24) is 0 Å². The summed E-state index contributed by atoms with van der Waals surface area (Å²) in [6.07, 6.45) is 0.784. The number of hydrogen-bond acceptors (Lipinski definition) is 6. The zero-order valence-electron chi connectivity index (χ0n) is 10.3. The minimum atomic E-state index is -1.19. The van der Waals surface area contributed by atoms with Crippen molar-refractivity contribution in [2.24, 2.45) is 0 Å². The standard InChI is InChI=1S/C11H18O7/c1-9(8-10(13)14)11(15)18-7-6-17-5-4-16-3-2-12/h8,12H,2-7H2,1H3,(H,13,14)/b9-8+. The van der Waals surface area contributed by atoms with Crippen molar-refractivity contribution in [3.05, 3.63) is 11.6 Å². The van der Waals surface area contributed by atoms with Crippen LogP contribution in [0.3, 0.4) is 0 Å². The predicted octanol–water partition coefficient (Wildman–Crippen LogP) is -0.414. The lowest BCUT2D eigenvalue weighted by atomic mass is 10.3. The molecule has 0 saturated carbocycles. The van der Waals surface area contributed by atoms with E-state index in [0.717, 1.165) is 6.08 Å². The van der Waals surface area contributed by atoms with Gasteiger partial charge in [0.2, 0.25) is 0 Å². The van der Waals surface area contributed by atoms with Gasteiger partial charge in [0.1, 0.15) is 6.61 Å². The molecule has 104 valence electrons. The first-order valence-electron chi connectivity index (χ1n) is 5.42. The Morgan fingerprint density at radius 1 is 1.06 bits per heavy atom. The average molecular weight is 262 g/mol. The van der Waals surface area contributed by atoms with E-state index in [4.69, 9.17) is 24.4 Å². The third-order valence-corrected chi connectivity index (χ3v) is 1.73. The second kappa shape index (κ2) is 10.7. The Morgan fingerprint density at radius 2 is 1.61 bits per heavy atom. The summed E-state index contributed by atoms with van der Waals surface area (Å²) in [6.45, 7) is 2.52. The molecule has 0 heterocycles. The summed E-state index contributed by atoms with van der Waals surface area (Å²) in [4.78, 5) is 21.5. The normalized spacial score (nSPS) is 11.3. The van der Waals surface area contributed by atoms with E-state index < -0.39 is 11.9 Å². The summed E-state index contributed by atoms with van der Waals surface area (Å²) < 4.78 is 14.8. The summed E-state index contributed by atoms with van der Waals surface area (Å²) in [5.41, 5.74) is 0.0220. The monoisotopic (exact) mass is 262 g/mol. The van der Waals surface area contributed by atoms with Gasteiger partial charge < -0.3 is 24.4 Å². The number of hydrogen-bond donors (Lipinski definition) is 2. The Bertz CT molecular complexity index is 285. The van der Waals surface area contributed by atoms with Gasteiger partial charge in [-0.05, 0) is 6.92 Å². The number of carboxylic acids is 1. The number of aliphatic hydroxyl groups excluding tert-OH is 1. The van der Waals surface area contributed by atoms with Crippen molar-refractivity contribution in [3.63, 3.8) is 0 Å². The van der Waals surface area contributed by atoms with E-state index >= 15 is 0 Å². The Labute approximate surface area is 105 Å². The maximum atomic E-state index is 11.2.